The van der Waals surface area contributed by atoms with Crippen LogP contribution in [0.2, 0.25) is 10.0 Å². The molecule has 2 aromatic carbocycles. The number of piperidine rings is 1. The van der Waals surface area contributed by atoms with Crippen molar-refractivity contribution in [2.45, 2.75) is 18.4 Å². The molecule has 0 aliphatic carbocycles. The van der Waals surface area contributed by atoms with Crippen LogP contribution in [0.25, 0.3) is 0 Å². The van der Waals surface area contributed by atoms with Crippen molar-refractivity contribution in [1.29, 1.82) is 0 Å². The monoisotopic (exact) mass is 440 g/mol. The third kappa shape index (κ3) is 4.20. The number of halogens is 3. The molecule has 0 spiro atoms. The molecule has 1 heterocycles. The summed E-state index contributed by atoms with van der Waals surface area (Å²) in [6.45, 7) is 1.70. The highest BCUT2D eigenvalue weighted by Crippen LogP contribution is 2.32. The Labute approximate surface area is 166 Å². The summed E-state index contributed by atoms with van der Waals surface area (Å²) < 4.78 is 0.960. The molecule has 132 valence electrons. The van der Waals surface area contributed by atoms with Crippen molar-refractivity contribution in [3.8, 4) is 0 Å². The predicted octanol–water partition coefficient (Wildman–Crippen LogP) is 4.97. The summed E-state index contributed by atoms with van der Waals surface area (Å²) in [6.07, 6.45) is 0.893. The molecule has 1 fully saturated rings. The molecule has 0 bridgehead atoms. The van der Waals surface area contributed by atoms with Gasteiger partial charge in [0.2, 0.25) is 0 Å². The summed E-state index contributed by atoms with van der Waals surface area (Å²) in [5.41, 5.74) is 1.79. The summed E-state index contributed by atoms with van der Waals surface area (Å²) in [4.78, 5) is 14.8. The molecule has 0 saturated carbocycles. The van der Waals surface area contributed by atoms with Gasteiger partial charge in [0.05, 0.1) is 10.0 Å². The van der Waals surface area contributed by atoms with E-state index >= 15 is 0 Å². The molecule has 0 aromatic heterocycles. The van der Waals surface area contributed by atoms with E-state index in [1.165, 1.54) is 0 Å². The van der Waals surface area contributed by atoms with E-state index in [2.05, 4.69) is 21.2 Å². The fourth-order valence-corrected chi connectivity index (χ4v) is 3.91. The predicted molar refractivity (Wildman–Crippen MR) is 107 cm³/mol. The van der Waals surface area contributed by atoms with Crippen molar-refractivity contribution in [3.63, 3.8) is 0 Å². The second-order valence-corrected chi connectivity index (χ2v) is 7.99. The van der Waals surface area contributed by atoms with Crippen LogP contribution in [0, 0.1) is 0 Å². The van der Waals surface area contributed by atoms with Crippen molar-refractivity contribution in [1.82, 2.24) is 10.2 Å². The van der Waals surface area contributed by atoms with Gasteiger partial charge in [-0.25, -0.2) is 0 Å². The van der Waals surface area contributed by atoms with Crippen LogP contribution in [-0.2, 0) is 0 Å². The molecule has 6 heteroatoms. The highest BCUT2D eigenvalue weighted by molar-refractivity contribution is 9.10. The fourth-order valence-electron chi connectivity index (χ4n) is 3.34. The third-order valence-electron chi connectivity index (χ3n) is 4.73. The summed E-state index contributed by atoms with van der Waals surface area (Å²) in [7, 11) is 1.88. The zero-order valence-corrected chi connectivity index (χ0v) is 16.9. The van der Waals surface area contributed by atoms with Crippen LogP contribution in [-0.4, -0.2) is 37.0 Å². The number of rotatable bonds is 3. The van der Waals surface area contributed by atoms with Gasteiger partial charge in [-0.1, -0.05) is 45.2 Å². The second kappa shape index (κ2) is 8.09. The Morgan fingerprint density at radius 2 is 1.88 bits per heavy atom. The summed E-state index contributed by atoms with van der Waals surface area (Å²) in [6, 6.07) is 13.3. The van der Waals surface area contributed by atoms with E-state index in [0.717, 1.165) is 29.5 Å². The summed E-state index contributed by atoms with van der Waals surface area (Å²) in [5.74, 6) is 0.206. The number of carbonyl (C=O) groups is 1. The lowest BCUT2D eigenvalue weighted by atomic mass is 9.85. The van der Waals surface area contributed by atoms with Gasteiger partial charge in [0.1, 0.15) is 0 Å². The van der Waals surface area contributed by atoms with Crippen LogP contribution in [0.4, 0.5) is 0 Å². The van der Waals surface area contributed by atoms with E-state index in [1.54, 1.807) is 0 Å². The van der Waals surface area contributed by atoms with Gasteiger partial charge >= 0.3 is 0 Å². The topological polar surface area (TPSA) is 32.3 Å². The van der Waals surface area contributed by atoms with E-state index in [4.69, 9.17) is 23.2 Å². The van der Waals surface area contributed by atoms with E-state index < -0.39 is 0 Å². The largest absolute Gasteiger partial charge is 0.338 e. The molecule has 25 heavy (non-hydrogen) atoms. The Hall–Kier alpha value is -1.07. The Morgan fingerprint density at radius 1 is 1.16 bits per heavy atom. The van der Waals surface area contributed by atoms with Crippen LogP contribution < -0.4 is 5.32 Å². The van der Waals surface area contributed by atoms with Gasteiger partial charge in [0, 0.05) is 35.6 Å². The first-order valence-electron chi connectivity index (χ1n) is 8.16. The molecule has 1 amide bonds. The van der Waals surface area contributed by atoms with Crippen LogP contribution in [0.5, 0.6) is 0 Å². The number of hydrogen-bond acceptors (Lipinski definition) is 2. The van der Waals surface area contributed by atoms with E-state index in [0.29, 0.717) is 15.6 Å². The maximum Gasteiger partial charge on any atom is 0.253 e. The first-order valence-corrected chi connectivity index (χ1v) is 9.70. The molecule has 1 aliphatic rings. The quantitative estimate of drug-likeness (QED) is 0.728. The standard InChI is InChI=1S/C19H19BrCl2N2O/c1-24(19(25)12-2-5-14(20)6-3-12)18-8-9-23-11-15(18)13-4-7-16(21)17(22)10-13/h2-7,10,15,18,23H,8-9,11H2,1H3/t15-,18+/m0/s1. The molecule has 2 aromatic rings. The molecule has 0 radical (unpaired) electrons. The smallest absolute Gasteiger partial charge is 0.253 e. The lowest BCUT2D eigenvalue weighted by Gasteiger charge is -2.39. The van der Waals surface area contributed by atoms with Crippen LogP contribution >= 0.6 is 39.1 Å². The fraction of sp³-hybridized carbons (Fsp3) is 0.316. The van der Waals surface area contributed by atoms with Crippen LogP contribution in [0.3, 0.4) is 0 Å². The molecule has 3 rings (SSSR count). The lowest BCUT2D eigenvalue weighted by molar-refractivity contribution is 0.0679. The number of benzene rings is 2. The number of nitrogens with zero attached hydrogens (tertiary/aromatic N) is 1. The molecule has 2 atom stereocenters. The van der Waals surface area contributed by atoms with Crippen LogP contribution in [0.15, 0.2) is 46.9 Å². The highest BCUT2D eigenvalue weighted by Gasteiger charge is 2.32. The molecule has 1 aliphatic heterocycles. The van der Waals surface area contributed by atoms with E-state index in [-0.39, 0.29) is 17.9 Å². The molecule has 1 saturated heterocycles. The van der Waals surface area contributed by atoms with Crippen molar-refractivity contribution >= 4 is 45.0 Å². The average Bonchev–Trinajstić information content (AvgIpc) is 2.63. The minimum Gasteiger partial charge on any atom is -0.338 e. The maximum atomic E-state index is 12.9. The zero-order valence-electron chi connectivity index (χ0n) is 13.8. The third-order valence-corrected chi connectivity index (χ3v) is 5.99. The van der Waals surface area contributed by atoms with Crippen LogP contribution in [0.1, 0.15) is 28.3 Å². The van der Waals surface area contributed by atoms with Gasteiger partial charge in [-0.2, -0.15) is 0 Å². The lowest BCUT2D eigenvalue weighted by Crippen LogP contribution is -2.49. The van der Waals surface area contributed by atoms with E-state index in [1.807, 2.05) is 54.4 Å². The zero-order chi connectivity index (χ0) is 18.0. The summed E-state index contributed by atoms with van der Waals surface area (Å²) >= 11 is 15.6. The molecule has 0 unspecified atom stereocenters. The number of hydrogen-bond donors (Lipinski definition) is 1. The minimum atomic E-state index is 0.0319. The van der Waals surface area contributed by atoms with Gasteiger partial charge < -0.3 is 10.2 Å². The van der Waals surface area contributed by atoms with Crippen molar-refractivity contribution < 1.29 is 4.79 Å². The Bertz CT molecular complexity index is 767. The SMILES string of the molecule is CN(C(=O)c1ccc(Br)cc1)[C@@H]1CCNC[C@H]1c1ccc(Cl)c(Cl)c1. The maximum absolute atomic E-state index is 12.9. The van der Waals surface area contributed by atoms with Gasteiger partial charge in [0.25, 0.3) is 5.91 Å². The first-order chi connectivity index (χ1) is 12.0. The van der Waals surface area contributed by atoms with Gasteiger partial charge in [-0.3, -0.25) is 4.79 Å². The molecule has 1 N–H and O–H groups in total. The van der Waals surface area contributed by atoms with E-state index in [9.17, 15) is 4.79 Å². The Balaban J connectivity index is 1.85. The highest BCUT2D eigenvalue weighted by atomic mass is 79.9. The van der Waals surface area contributed by atoms with Gasteiger partial charge in [0.15, 0.2) is 0 Å². The number of amides is 1. The van der Waals surface area contributed by atoms with Gasteiger partial charge in [-0.05, 0) is 54.9 Å². The number of nitrogens with one attached hydrogen (secondary N) is 1. The molecule has 3 nitrogen and oxygen atoms in total. The second-order valence-electron chi connectivity index (χ2n) is 6.26. The molecular weight excluding hydrogens is 423 g/mol. The minimum absolute atomic E-state index is 0.0319. The van der Waals surface area contributed by atoms with Crippen molar-refractivity contribution in [3.05, 3.63) is 68.1 Å². The van der Waals surface area contributed by atoms with Gasteiger partial charge in [-0.15, -0.1) is 0 Å². The first kappa shape index (κ1) is 18.7. The average molecular weight is 442 g/mol. The normalized spacial score (nSPS) is 20.3. The Kier molecular flexibility index (Phi) is 6.05. The van der Waals surface area contributed by atoms with Crippen molar-refractivity contribution in [2.24, 2.45) is 0 Å². The summed E-state index contributed by atoms with van der Waals surface area (Å²) in [5, 5.41) is 4.51. The Morgan fingerprint density at radius 3 is 2.56 bits per heavy atom. The molecular formula is C19H19BrCl2N2O. The van der Waals surface area contributed by atoms with Crippen molar-refractivity contribution in [2.75, 3.05) is 20.1 Å². The number of carbonyl (C=O) groups excluding carboxylic acids is 1. The number of likely N-dealkylation sites (N-methyl/N-ethyl adjacent to an activating group) is 1.